The zero-order chi connectivity index (χ0) is 24.1. The van der Waals surface area contributed by atoms with Crippen LogP contribution in [0.4, 0.5) is 26.3 Å². The molecule has 4 rings (SSSR count). The number of alkyl halides is 5. The van der Waals surface area contributed by atoms with Crippen LogP contribution in [0.2, 0.25) is 0 Å². The molecule has 0 saturated carbocycles. The molecule has 3 aromatic rings. The van der Waals surface area contributed by atoms with Crippen LogP contribution in [0.3, 0.4) is 0 Å². The van der Waals surface area contributed by atoms with Gasteiger partial charge in [0.2, 0.25) is 0 Å². The van der Waals surface area contributed by atoms with E-state index in [1.54, 1.807) is 0 Å². The fraction of sp³-hybridized carbons (Fsp3) is 0.450. The minimum Gasteiger partial charge on any atom is -0.338 e. The van der Waals surface area contributed by atoms with Gasteiger partial charge in [0, 0.05) is 19.0 Å². The maximum absolute atomic E-state index is 14.6. The third kappa shape index (κ3) is 4.23. The zero-order valence-electron chi connectivity index (χ0n) is 17.4. The van der Waals surface area contributed by atoms with E-state index in [2.05, 4.69) is 20.1 Å². The number of hydrogen-bond acceptors (Lipinski definition) is 5. The lowest BCUT2D eigenvalue weighted by Gasteiger charge is -2.37. The van der Waals surface area contributed by atoms with E-state index in [1.807, 2.05) is 6.92 Å². The first-order valence-corrected chi connectivity index (χ1v) is 9.99. The Morgan fingerprint density at radius 3 is 2.61 bits per heavy atom. The highest BCUT2D eigenvalue weighted by molar-refractivity contribution is 5.95. The Bertz CT molecular complexity index is 1210. The van der Waals surface area contributed by atoms with Crippen molar-refractivity contribution in [3.05, 3.63) is 52.6 Å². The Balaban J connectivity index is 1.71. The lowest BCUT2D eigenvalue weighted by molar-refractivity contribution is -0.141. The first-order valence-electron chi connectivity index (χ1n) is 9.99. The average Bonchev–Trinajstić information content (AvgIpc) is 3.23. The van der Waals surface area contributed by atoms with E-state index >= 15 is 0 Å². The molecule has 1 amide bonds. The normalized spacial score (nSPS) is 19.5. The summed E-state index contributed by atoms with van der Waals surface area (Å²) in [4.78, 5) is 25.1. The van der Waals surface area contributed by atoms with Crippen LogP contribution in [-0.4, -0.2) is 48.5 Å². The van der Waals surface area contributed by atoms with Crippen LogP contribution in [0.25, 0.3) is 5.78 Å². The van der Waals surface area contributed by atoms with E-state index in [4.69, 9.17) is 0 Å². The summed E-state index contributed by atoms with van der Waals surface area (Å²) in [7, 11) is 0. The van der Waals surface area contributed by atoms with Crippen LogP contribution in [0, 0.1) is 18.7 Å². The largest absolute Gasteiger partial charge is 0.433 e. The highest BCUT2D eigenvalue weighted by atomic mass is 19.4. The molecule has 13 heteroatoms. The molecule has 1 aliphatic rings. The van der Waals surface area contributed by atoms with Crippen molar-refractivity contribution in [1.82, 2.24) is 29.5 Å². The summed E-state index contributed by atoms with van der Waals surface area (Å²) in [6.45, 7) is 3.03. The van der Waals surface area contributed by atoms with Gasteiger partial charge < -0.3 is 4.90 Å². The van der Waals surface area contributed by atoms with Gasteiger partial charge in [-0.1, -0.05) is 6.92 Å². The third-order valence-corrected chi connectivity index (χ3v) is 5.79. The minimum absolute atomic E-state index is 0.0379. The summed E-state index contributed by atoms with van der Waals surface area (Å²) >= 11 is 0. The number of likely N-dealkylation sites (tertiary alicyclic amines) is 1. The highest BCUT2D eigenvalue weighted by Gasteiger charge is 2.37. The van der Waals surface area contributed by atoms with Crippen molar-refractivity contribution >= 4 is 11.7 Å². The van der Waals surface area contributed by atoms with Crippen molar-refractivity contribution in [2.75, 3.05) is 13.1 Å². The Hall–Kier alpha value is -3.25. The lowest BCUT2D eigenvalue weighted by Crippen LogP contribution is -2.43. The maximum Gasteiger partial charge on any atom is 0.433 e. The molecule has 2 atom stereocenters. The van der Waals surface area contributed by atoms with Crippen molar-refractivity contribution in [1.29, 1.82) is 0 Å². The van der Waals surface area contributed by atoms with E-state index in [0.29, 0.717) is 18.2 Å². The van der Waals surface area contributed by atoms with Crippen LogP contribution < -0.4 is 0 Å². The first kappa shape index (κ1) is 22.9. The van der Waals surface area contributed by atoms with Gasteiger partial charge >= 0.3 is 6.18 Å². The standard InChI is InChI=1S/C20H18F6N6O/c1-9-3-4-31(18(33)11-5-15(20(24,25)26)29-10(2)16(11)21)7-12(9)14-6-13(17(22)23)30-19-27-8-28-32(14)19/h5-6,8-9,12,17H,3-4,7H2,1-2H3/t9-,12-/m1/s1. The molecule has 7 nitrogen and oxygen atoms in total. The van der Waals surface area contributed by atoms with E-state index in [9.17, 15) is 31.1 Å². The van der Waals surface area contributed by atoms with Crippen LogP contribution in [0.1, 0.15) is 58.8 Å². The van der Waals surface area contributed by atoms with Gasteiger partial charge in [-0.3, -0.25) is 4.79 Å². The molecule has 0 bridgehead atoms. The number of aromatic nitrogens is 5. The number of piperidine rings is 1. The summed E-state index contributed by atoms with van der Waals surface area (Å²) in [5.74, 6) is -2.71. The van der Waals surface area contributed by atoms with Crippen molar-refractivity contribution in [2.45, 2.75) is 38.8 Å². The number of carbonyl (C=O) groups is 1. The second-order valence-electron chi connectivity index (χ2n) is 7.95. The van der Waals surface area contributed by atoms with Gasteiger partial charge in [-0.2, -0.15) is 23.3 Å². The quantitative estimate of drug-likeness (QED) is 0.535. The second kappa shape index (κ2) is 8.27. The summed E-state index contributed by atoms with van der Waals surface area (Å²) in [6.07, 6.45) is -6.15. The summed E-state index contributed by atoms with van der Waals surface area (Å²) in [5.41, 5.74) is -2.83. The number of amides is 1. The molecule has 33 heavy (non-hydrogen) atoms. The van der Waals surface area contributed by atoms with Gasteiger partial charge in [0.15, 0.2) is 5.82 Å². The summed E-state index contributed by atoms with van der Waals surface area (Å²) in [5, 5.41) is 4.02. The van der Waals surface area contributed by atoms with Crippen molar-refractivity contribution < 1.29 is 31.1 Å². The lowest BCUT2D eigenvalue weighted by atomic mass is 9.84. The Morgan fingerprint density at radius 1 is 1.21 bits per heavy atom. The third-order valence-electron chi connectivity index (χ3n) is 5.79. The van der Waals surface area contributed by atoms with Crippen LogP contribution >= 0.6 is 0 Å². The number of carbonyl (C=O) groups excluding carboxylic acids is 1. The monoisotopic (exact) mass is 472 g/mol. The highest BCUT2D eigenvalue weighted by Crippen LogP contribution is 2.35. The zero-order valence-corrected chi connectivity index (χ0v) is 17.4. The van der Waals surface area contributed by atoms with Crippen LogP contribution in [-0.2, 0) is 6.18 Å². The molecule has 0 spiro atoms. The second-order valence-corrected chi connectivity index (χ2v) is 7.95. The van der Waals surface area contributed by atoms with Crippen molar-refractivity contribution in [3.63, 3.8) is 0 Å². The molecular weight excluding hydrogens is 454 g/mol. The molecule has 4 heterocycles. The molecule has 0 aromatic carbocycles. The molecule has 0 unspecified atom stereocenters. The van der Waals surface area contributed by atoms with Crippen LogP contribution in [0.15, 0.2) is 18.5 Å². The van der Waals surface area contributed by atoms with Crippen molar-refractivity contribution in [2.24, 2.45) is 5.92 Å². The molecule has 0 radical (unpaired) electrons. The van der Waals surface area contributed by atoms with Gasteiger partial charge in [-0.25, -0.2) is 27.7 Å². The van der Waals surface area contributed by atoms with E-state index in [1.165, 1.54) is 15.5 Å². The molecule has 0 N–H and O–H groups in total. The fourth-order valence-corrected chi connectivity index (χ4v) is 4.00. The van der Waals surface area contributed by atoms with Crippen molar-refractivity contribution in [3.8, 4) is 0 Å². The number of nitrogens with zero attached hydrogens (tertiary/aromatic N) is 6. The average molecular weight is 472 g/mol. The van der Waals surface area contributed by atoms with E-state index in [-0.39, 0.29) is 24.8 Å². The summed E-state index contributed by atoms with van der Waals surface area (Å²) < 4.78 is 82.1. The van der Waals surface area contributed by atoms with Gasteiger partial charge in [0.25, 0.3) is 18.1 Å². The Labute approximate surface area is 183 Å². The number of aryl methyl sites for hydroxylation is 1. The number of rotatable bonds is 3. The molecule has 1 aliphatic heterocycles. The molecule has 176 valence electrons. The number of hydrogen-bond donors (Lipinski definition) is 0. The molecule has 0 aliphatic carbocycles. The van der Waals surface area contributed by atoms with Gasteiger partial charge in [0.1, 0.15) is 17.7 Å². The number of halogens is 6. The Kier molecular flexibility index (Phi) is 5.74. The van der Waals surface area contributed by atoms with Crippen LogP contribution in [0.5, 0.6) is 0 Å². The predicted octanol–water partition coefficient (Wildman–Crippen LogP) is 4.19. The first-order chi connectivity index (χ1) is 15.5. The fourth-order valence-electron chi connectivity index (χ4n) is 4.00. The molecule has 1 saturated heterocycles. The smallest absolute Gasteiger partial charge is 0.338 e. The van der Waals surface area contributed by atoms with E-state index < -0.39 is 52.9 Å². The SMILES string of the molecule is Cc1nc(C(F)(F)F)cc(C(=O)N2CC[C@@H](C)[C@H](c3cc(C(F)F)nc4ncnn34)C2)c1F. The van der Waals surface area contributed by atoms with Gasteiger partial charge in [-0.15, -0.1) is 0 Å². The number of fused-ring (bicyclic) bond motifs is 1. The van der Waals surface area contributed by atoms with Gasteiger partial charge in [0.05, 0.1) is 17.0 Å². The minimum atomic E-state index is -4.85. The summed E-state index contributed by atoms with van der Waals surface area (Å²) in [6, 6.07) is 1.58. The predicted molar refractivity (Wildman–Crippen MR) is 102 cm³/mol. The number of pyridine rings is 1. The topological polar surface area (TPSA) is 76.3 Å². The molecular formula is C20H18F6N6O. The van der Waals surface area contributed by atoms with Gasteiger partial charge in [-0.05, 0) is 31.4 Å². The Morgan fingerprint density at radius 2 is 1.94 bits per heavy atom. The maximum atomic E-state index is 14.6. The van der Waals surface area contributed by atoms with E-state index in [0.717, 1.165) is 13.3 Å². The molecule has 1 fully saturated rings. The molecule has 3 aromatic heterocycles.